The molecule has 0 bridgehead atoms. The van der Waals surface area contributed by atoms with Crippen molar-refractivity contribution in [2.45, 2.75) is 40.2 Å². The molecular formula is C10H22OS. The van der Waals surface area contributed by atoms with Gasteiger partial charge in [-0.25, -0.2) is 0 Å². The summed E-state index contributed by atoms with van der Waals surface area (Å²) in [6, 6.07) is 0. The topological polar surface area (TPSA) is 20.2 Å². The molecule has 0 radical (unpaired) electrons. The summed E-state index contributed by atoms with van der Waals surface area (Å²) in [5, 5.41) is 9.88. The third kappa shape index (κ3) is 5.04. The lowest BCUT2D eigenvalue weighted by atomic mass is 9.95. The van der Waals surface area contributed by atoms with Gasteiger partial charge in [0, 0.05) is 5.75 Å². The van der Waals surface area contributed by atoms with Gasteiger partial charge in [0.2, 0.25) is 0 Å². The molecule has 0 heterocycles. The monoisotopic (exact) mass is 190 g/mol. The van der Waals surface area contributed by atoms with E-state index in [0.29, 0.717) is 5.92 Å². The maximum absolute atomic E-state index is 9.88. The van der Waals surface area contributed by atoms with Crippen LogP contribution in [0.15, 0.2) is 0 Å². The summed E-state index contributed by atoms with van der Waals surface area (Å²) in [5.74, 6) is 3.06. The molecule has 74 valence electrons. The van der Waals surface area contributed by atoms with E-state index in [4.69, 9.17) is 0 Å². The highest BCUT2D eigenvalue weighted by Gasteiger charge is 2.24. The molecule has 0 aliphatic carbocycles. The third-order valence-electron chi connectivity index (χ3n) is 2.09. The smallest absolute Gasteiger partial charge is 0.0732 e. The summed E-state index contributed by atoms with van der Waals surface area (Å²) >= 11 is 1.85. The van der Waals surface area contributed by atoms with Crippen molar-refractivity contribution in [1.29, 1.82) is 0 Å². The number of hydrogen-bond acceptors (Lipinski definition) is 2. The van der Waals surface area contributed by atoms with Crippen LogP contribution in [0.2, 0.25) is 0 Å². The van der Waals surface area contributed by atoms with Gasteiger partial charge in [-0.05, 0) is 24.5 Å². The quantitative estimate of drug-likeness (QED) is 0.719. The Bertz CT molecular complexity index is 119. The summed E-state index contributed by atoms with van der Waals surface area (Å²) in [7, 11) is 0. The lowest BCUT2D eigenvalue weighted by molar-refractivity contribution is 0.0376. The van der Waals surface area contributed by atoms with Crippen LogP contribution >= 0.6 is 11.8 Å². The van der Waals surface area contributed by atoms with Crippen molar-refractivity contribution in [3.05, 3.63) is 0 Å². The Hall–Kier alpha value is 0.310. The van der Waals surface area contributed by atoms with Gasteiger partial charge in [-0.3, -0.25) is 0 Å². The highest BCUT2D eigenvalue weighted by atomic mass is 32.2. The molecule has 1 unspecified atom stereocenters. The summed E-state index contributed by atoms with van der Waals surface area (Å²) in [6.07, 6.45) is 0. The van der Waals surface area contributed by atoms with E-state index >= 15 is 0 Å². The number of hydrogen-bond donors (Lipinski definition) is 1. The van der Waals surface area contributed by atoms with E-state index in [0.717, 1.165) is 17.4 Å². The van der Waals surface area contributed by atoms with Crippen LogP contribution in [0.25, 0.3) is 0 Å². The van der Waals surface area contributed by atoms with Gasteiger partial charge >= 0.3 is 0 Å². The molecule has 1 nitrogen and oxygen atoms in total. The van der Waals surface area contributed by atoms with Crippen molar-refractivity contribution < 1.29 is 5.11 Å². The molecule has 0 saturated carbocycles. The molecule has 0 amide bonds. The van der Waals surface area contributed by atoms with Crippen molar-refractivity contribution in [2.75, 3.05) is 11.5 Å². The van der Waals surface area contributed by atoms with Gasteiger partial charge in [0.05, 0.1) is 5.60 Å². The zero-order valence-corrected chi connectivity index (χ0v) is 9.74. The Balaban J connectivity index is 3.61. The lowest BCUT2D eigenvalue weighted by Gasteiger charge is -2.27. The first-order chi connectivity index (χ1) is 5.36. The summed E-state index contributed by atoms with van der Waals surface area (Å²) in [4.78, 5) is 0. The molecule has 0 aromatic heterocycles. The summed E-state index contributed by atoms with van der Waals surface area (Å²) in [6.45, 7) is 10.5. The Morgan fingerprint density at radius 3 is 2.08 bits per heavy atom. The van der Waals surface area contributed by atoms with Crippen LogP contribution in [0.5, 0.6) is 0 Å². The van der Waals surface area contributed by atoms with Gasteiger partial charge in [-0.15, -0.1) is 0 Å². The Morgan fingerprint density at radius 2 is 1.75 bits per heavy atom. The van der Waals surface area contributed by atoms with Crippen LogP contribution in [0, 0.1) is 11.8 Å². The van der Waals surface area contributed by atoms with Crippen LogP contribution in [-0.4, -0.2) is 22.2 Å². The van der Waals surface area contributed by atoms with E-state index in [1.165, 1.54) is 0 Å². The second-order valence-corrected chi connectivity index (χ2v) is 5.45. The van der Waals surface area contributed by atoms with Crippen LogP contribution in [-0.2, 0) is 0 Å². The molecule has 0 aliphatic rings. The van der Waals surface area contributed by atoms with Gasteiger partial charge < -0.3 is 5.11 Å². The van der Waals surface area contributed by atoms with Crippen molar-refractivity contribution in [3.8, 4) is 0 Å². The second kappa shape index (κ2) is 5.13. The van der Waals surface area contributed by atoms with Gasteiger partial charge in [0.1, 0.15) is 0 Å². The van der Waals surface area contributed by atoms with Crippen LogP contribution in [0.3, 0.4) is 0 Å². The van der Waals surface area contributed by atoms with E-state index < -0.39 is 5.60 Å². The minimum absolute atomic E-state index is 0.345. The zero-order valence-electron chi connectivity index (χ0n) is 8.92. The lowest BCUT2D eigenvalue weighted by Crippen LogP contribution is -2.34. The van der Waals surface area contributed by atoms with E-state index in [1.54, 1.807) is 0 Å². The highest BCUT2D eigenvalue weighted by molar-refractivity contribution is 7.99. The average Bonchev–Trinajstić information content (AvgIpc) is 1.85. The fourth-order valence-electron chi connectivity index (χ4n) is 0.668. The first-order valence-corrected chi connectivity index (χ1v) is 5.82. The largest absolute Gasteiger partial charge is 0.389 e. The van der Waals surface area contributed by atoms with E-state index in [2.05, 4.69) is 27.7 Å². The van der Waals surface area contributed by atoms with Crippen molar-refractivity contribution in [3.63, 3.8) is 0 Å². The van der Waals surface area contributed by atoms with Crippen molar-refractivity contribution in [2.24, 2.45) is 11.8 Å². The Morgan fingerprint density at radius 1 is 1.25 bits per heavy atom. The summed E-state index contributed by atoms with van der Waals surface area (Å²) < 4.78 is 0. The van der Waals surface area contributed by atoms with Crippen molar-refractivity contribution >= 4 is 11.8 Å². The van der Waals surface area contributed by atoms with Crippen LogP contribution in [0.4, 0.5) is 0 Å². The van der Waals surface area contributed by atoms with E-state index in [9.17, 15) is 5.11 Å². The summed E-state index contributed by atoms with van der Waals surface area (Å²) in [5.41, 5.74) is -0.500. The van der Waals surface area contributed by atoms with Gasteiger partial charge in [-0.2, -0.15) is 11.8 Å². The predicted octanol–water partition coefficient (Wildman–Crippen LogP) is 2.78. The molecule has 0 spiro atoms. The molecule has 0 fully saturated rings. The number of rotatable bonds is 5. The molecule has 0 aliphatic heterocycles. The maximum atomic E-state index is 9.88. The van der Waals surface area contributed by atoms with Crippen molar-refractivity contribution in [1.82, 2.24) is 0 Å². The standard InChI is InChI=1S/C10H22OS/c1-8(2)6-12-7-10(5,11)9(3)4/h8-9,11H,6-7H2,1-5H3. The molecule has 0 saturated heterocycles. The number of aliphatic hydroxyl groups is 1. The van der Waals surface area contributed by atoms with Crippen LogP contribution < -0.4 is 0 Å². The Kier molecular flexibility index (Phi) is 5.26. The first-order valence-electron chi connectivity index (χ1n) is 4.66. The minimum Gasteiger partial charge on any atom is -0.389 e. The molecule has 0 rings (SSSR count). The van der Waals surface area contributed by atoms with Gasteiger partial charge in [-0.1, -0.05) is 27.7 Å². The third-order valence-corrected chi connectivity index (χ3v) is 3.78. The van der Waals surface area contributed by atoms with E-state index in [1.807, 2.05) is 18.7 Å². The SMILES string of the molecule is CC(C)CSCC(C)(O)C(C)C. The zero-order chi connectivity index (χ0) is 9.78. The Labute approximate surface area is 80.9 Å². The fourth-order valence-corrected chi connectivity index (χ4v) is 2.00. The van der Waals surface area contributed by atoms with Gasteiger partial charge in [0.25, 0.3) is 0 Å². The first kappa shape index (κ1) is 12.3. The average molecular weight is 190 g/mol. The number of thioether (sulfide) groups is 1. The molecule has 0 aromatic carbocycles. The molecule has 1 atom stereocenters. The van der Waals surface area contributed by atoms with E-state index in [-0.39, 0.29) is 0 Å². The predicted molar refractivity (Wildman–Crippen MR) is 57.6 cm³/mol. The molecule has 12 heavy (non-hydrogen) atoms. The maximum Gasteiger partial charge on any atom is 0.0732 e. The normalized spacial score (nSPS) is 17.0. The molecular weight excluding hydrogens is 168 g/mol. The fraction of sp³-hybridized carbons (Fsp3) is 1.00. The van der Waals surface area contributed by atoms with Crippen LogP contribution in [0.1, 0.15) is 34.6 Å². The highest BCUT2D eigenvalue weighted by Crippen LogP contribution is 2.22. The van der Waals surface area contributed by atoms with Gasteiger partial charge in [0.15, 0.2) is 0 Å². The molecule has 0 aromatic rings. The second-order valence-electron chi connectivity index (χ2n) is 4.42. The minimum atomic E-state index is -0.500. The molecule has 1 N–H and O–H groups in total. The molecule has 2 heteroatoms.